The highest BCUT2D eigenvalue weighted by Gasteiger charge is 2.22. The van der Waals surface area contributed by atoms with Gasteiger partial charge in [0.1, 0.15) is 23.2 Å². The molecule has 1 aromatic carbocycles. The third-order valence-electron chi connectivity index (χ3n) is 4.37. The maximum absolute atomic E-state index is 12.4. The number of carboxylic acid groups (broad SMARTS) is 2. The summed E-state index contributed by atoms with van der Waals surface area (Å²) in [4.78, 5) is 36.4. The normalized spacial score (nSPS) is 14.0. The van der Waals surface area contributed by atoms with Gasteiger partial charge in [-0.1, -0.05) is 0 Å². The van der Waals surface area contributed by atoms with Crippen molar-refractivity contribution in [3.63, 3.8) is 0 Å². The van der Waals surface area contributed by atoms with Gasteiger partial charge >= 0.3 is 11.9 Å². The number of furan rings is 1. The number of amides is 1. The van der Waals surface area contributed by atoms with Gasteiger partial charge < -0.3 is 19.5 Å². The number of hydrogen-bond donors (Lipinski definition) is 2. The summed E-state index contributed by atoms with van der Waals surface area (Å²) in [7, 11) is 0. The molecule has 0 aliphatic carbocycles. The molecule has 1 amide bonds. The molecular weight excluding hydrogens is 364 g/mol. The molecule has 0 radical (unpaired) electrons. The number of carboxylic acids is 2. The van der Waals surface area contributed by atoms with Gasteiger partial charge in [-0.3, -0.25) is 4.79 Å². The predicted molar refractivity (Wildman–Crippen MR) is 97.5 cm³/mol. The third kappa shape index (κ3) is 3.94. The molecule has 0 bridgehead atoms. The lowest BCUT2D eigenvalue weighted by Gasteiger charge is -2.13. The van der Waals surface area contributed by atoms with E-state index < -0.39 is 11.9 Å². The number of hydrogen-bond acceptors (Lipinski definition) is 5. The van der Waals surface area contributed by atoms with E-state index in [0.29, 0.717) is 13.1 Å². The molecule has 0 spiro atoms. The minimum Gasteiger partial charge on any atom is -0.478 e. The number of nitriles is 1. The van der Waals surface area contributed by atoms with Crippen molar-refractivity contribution in [2.45, 2.75) is 12.8 Å². The smallest absolute Gasteiger partial charge is 0.335 e. The molecule has 2 N–H and O–H groups in total. The molecule has 1 fully saturated rings. The van der Waals surface area contributed by atoms with Crippen molar-refractivity contribution in [3.8, 4) is 17.4 Å². The second-order valence-corrected chi connectivity index (χ2v) is 6.28. The number of carbonyl (C=O) groups excluding carboxylic acids is 1. The quantitative estimate of drug-likeness (QED) is 0.602. The summed E-state index contributed by atoms with van der Waals surface area (Å²) in [5.74, 6) is -2.43. The van der Waals surface area contributed by atoms with Crippen molar-refractivity contribution in [1.29, 1.82) is 5.26 Å². The number of rotatable bonds is 5. The van der Waals surface area contributed by atoms with Crippen molar-refractivity contribution < 1.29 is 29.0 Å². The van der Waals surface area contributed by atoms with Crippen LogP contribution in [0.3, 0.4) is 0 Å². The zero-order valence-electron chi connectivity index (χ0n) is 14.7. The molecule has 0 atom stereocenters. The topological polar surface area (TPSA) is 132 Å². The van der Waals surface area contributed by atoms with E-state index in [1.807, 2.05) is 6.07 Å². The molecule has 0 saturated carbocycles. The lowest BCUT2D eigenvalue weighted by molar-refractivity contribution is -0.125. The highest BCUT2D eigenvalue weighted by molar-refractivity contribution is 6.01. The Kier molecular flexibility index (Phi) is 5.27. The molecule has 1 saturated heterocycles. The molecule has 1 aliphatic heterocycles. The van der Waals surface area contributed by atoms with Crippen molar-refractivity contribution in [2.75, 3.05) is 13.1 Å². The number of benzene rings is 1. The van der Waals surface area contributed by atoms with Crippen molar-refractivity contribution in [1.82, 2.24) is 4.90 Å². The maximum Gasteiger partial charge on any atom is 0.335 e. The first-order chi connectivity index (χ1) is 13.4. The minimum absolute atomic E-state index is 0.0617. The lowest BCUT2D eigenvalue weighted by atomic mass is 10.0. The molecule has 0 unspecified atom stereocenters. The van der Waals surface area contributed by atoms with Crippen LogP contribution in [0.25, 0.3) is 17.4 Å². The van der Waals surface area contributed by atoms with Crippen LogP contribution in [0.2, 0.25) is 0 Å². The fraction of sp³-hybridized carbons (Fsp3) is 0.200. The van der Waals surface area contributed by atoms with Crippen LogP contribution in [0.4, 0.5) is 0 Å². The first kappa shape index (κ1) is 18.9. The van der Waals surface area contributed by atoms with Crippen LogP contribution in [0.5, 0.6) is 0 Å². The Morgan fingerprint density at radius 2 is 1.64 bits per heavy atom. The van der Waals surface area contributed by atoms with Gasteiger partial charge in [-0.15, -0.1) is 0 Å². The molecule has 1 aliphatic rings. The molecule has 8 heteroatoms. The SMILES string of the molecule is N#C/C(=C\c1ccc(-c2cc(C(=O)O)cc(C(=O)O)c2)o1)C(=O)N1CCCC1. The molecule has 142 valence electrons. The Bertz CT molecular complexity index is 989. The van der Waals surface area contributed by atoms with Crippen LogP contribution < -0.4 is 0 Å². The molecule has 8 nitrogen and oxygen atoms in total. The van der Waals surface area contributed by atoms with E-state index in [-0.39, 0.29) is 39.7 Å². The van der Waals surface area contributed by atoms with Gasteiger partial charge in [-0.2, -0.15) is 5.26 Å². The van der Waals surface area contributed by atoms with Crippen LogP contribution >= 0.6 is 0 Å². The highest BCUT2D eigenvalue weighted by Crippen LogP contribution is 2.26. The van der Waals surface area contributed by atoms with Gasteiger partial charge in [0.25, 0.3) is 5.91 Å². The van der Waals surface area contributed by atoms with Crippen LogP contribution in [-0.4, -0.2) is 46.0 Å². The van der Waals surface area contributed by atoms with Crippen molar-refractivity contribution >= 4 is 23.9 Å². The van der Waals surface area contributed by atoms with Gasteiger partial charge in [0.15, 0.2) is 0 Å². The second kappa shape index (κ2) is 7.80. The first-order valence-corrected chi connectivity index (χ1v) is 8.52. The zero-order valence-corrected chi connectivity index (χ0v) is 14.7. The third-order valence-corrected chi connectivity index (χ3v) is 4.37. The van der Waals surface area contributed by atoms with Crippen LogP contribution in [0, 0.1) is 11.3 Å². The van der Waals surface area contributed by atoms with Gasteiger partial charge in [0, 0.05) is 24.7 Å². The Hall–Kier alpha value is -3.86. The minimum atomic E-state index is -1.26. The number of likely N-dealkylation sites (tertiary alicyclic amines) is 1. The summed E-state index contributed by atoms with van der Waals surface area (Å²) in [5, 5.41) is 27.6. The Balaban J connectivity index is 1.93. The number of carbonyl (C=O) groups is 3. The Morgan fingerprint density at radius 1 is 1.04 bits per heavy atom. The summed E-state index contributed by atoms with van der Waals surface area (Å²) in [6, 6.07) is 8.57. The summed E-state index contributed by atoms with van der Waals surface area (Å²) in [6.07, 6.45) is 3.13. The lowest BCUT2D eigenvalue weighted by Crippen LogP contribution is -2.28. The van der Waals surface area contributed by atoms with E-state index in [2.05, 4.69) is 0 Å². The van der Waals surface area contributed by atoms with E-state index in [9.17, 15) is 29.9 Å². The predicted octanol–water partition coefficient (Wildman–Crippen LogP) is 2.87. The summed E-state index contributed by atoms with van der Waals surface area (Å²) in [5.41, 5.74) is -0.176. The van der Waals surface area contributed by atoms with Crippen molar-refractivity contribution in [3.05, 3.63) is 52.8 Å². The maximum atomic E-state index is 12.4. The highest BCUT2D eigenvalue weighted by atomic mass is 16.4. The van der Waals surface area contributed by atoms with Gasteiger partial charge in [-0.25, -0.2) is 9.59 Å². The first-order valence-electron chi connectivity index (χ1n) is 8.52. The Morgan fingerprint density at radius 3 is 2.18 bits per heavy atom. The van der Waals surface area contributed by atoms with Crippen LogP contribution in [0.1, 0.15) is 39.3 Å². The van der Waals surface area contributed by atoms with Crippen molar-refractivity contribution in [2.24, 2.45) is 0 Å². The zero-order chi connectivity index (χ0) is 20.3. The van der Waals surface area contributed by atoms with Crippen LogP contribution in [0.15, 0.2) is 40.3 Å². The number of aromatic carboxylic acids is 2. The summed E-state index contributed by atoms with van der Waals surface area (Å²) in [6.45, 7) is 1.22. The van der Waals surface area contributed by atoms with E-state index >= 15 is 0 Å². The Labute approximate surface area is 159 Å². The fourth-order valence-electron chi connectivity index (χ4n) is 2.98. The van der Waals surface area contributed by atoms with E-state index in [0.717, 1.165) is 18.9 Å². The standard InChI is InChI=1S/C20H16N2O6/c21-11-15(18(23)22-5-1-2-6-22)10-16-3-4-17(28-16)12-7-13(19(24)25)9-14(8-12)20(26)27/h3-4,7-10H,1-2,5-6H2,(H,24,25)(H,26,27)/b15-10+. The average Bonchev–Trinajstić information content (AvgIpc) is 3.37. The molecule has 3 rings (SSSR count). The summed E-state index contributed by atoms with van der Waals surface area (Å²) < 4.78 is 5.60. The molecule has 28 heavy (non-hydrogen) atoms. The monoisotopic (exact) mass is 380 g/mol. The summed E-state index contributed by atoms with van der Waals surface area (Å²) >= 11 is 0. The molecule has 2 heterocycles. The van der Waals surface area contributed by atoms with E-state index in [4.69, 9.17) is 4.42 Å². The van der Waals surface area contributed by atoms with E-state index in [1.165, 1.54) is 30.3 Å². The number of nitrogens with zero attached hydrogens (tertiary/aromatic N) is 2. The average molecular weight is 380 g/mol. The molecular formula is C20H16N2O6. The van der Waals surface area contributed by atoms with E-state index in [1.54, 1.807) is 4.90 Å². The van der Waals surface area contributed by atoms with Crippen LogP contribution in [-0.2, 0) is 4.79 Å². The van der Waals surface area contributed by atoms with Gasteiger partial charge in [0.05, 0.1) is 11.1 Å². The fourth-order valence-corrected chi connectivity index (χ4v) is 2.98. The van der Waals surface area contributed by atoms with Gasteiger partial charge in [0.2, 0.25) is 0 Å². The van der Waals surface area contributed by atoms with Gasteiger partial charge in [-0.05, 0) is 43.2 Å². The second-order valence-electron chi connectivity index (χ2n) is 6.28. The largest absolute Gasteiger partial charge is 0.478 e. The molecule has 2 aromatic rings. The molecule has 1 aromatic heterocycles.